The molecule has 0 aromatic heterocycles. The van der Waals surface area contributed by atoms with Crippen LogP contribution in [0.5, 0.6) is 0 Å². The number of alkyl halides is 3. The van der Waals surface area contributed by atoms with Gasteiger partial charge in [0, 0.05) is 16.1 Å². The van der Waals surface area contributed by atoms with Crippen molar-refractivity contribution in [2.45, 2.75) is 17.5 Å². The van der Waals surface area contributed by atoms with E-state index in [1.165, 1.54) is 23.9 Å². The van der Waals surface area contributed by atoms with E-state index in [4.69, 9.17) is 17.0 Å². The summed E-state index contributed by atoms with van der Waals surface area (Å²) < 4.78 is 44.0. The standard InChI is InChI=1S/C20H18F3NO3S2/c21-20(22,23)13-4-3-5-14(10-13)24-18(28)27-12-19(11-25)8-9-29-16-7-2-1-6-15(16)17(19)26/h1-7,10,25H,8-9,11-12H2,(H,24,28). The van der Waals surface area contributed by atoms with Crippen LogP contribution in [-0.2, 0) is 10.9 Å². The van der Waals surface area contributed by atoms with E-state index in [-0.39, 0.29) is 23.3 Å². The van der Waals surface area contributed by atoms with E-state index in [0.29, 0.717) is 17.7 Å². The topological polar surface area (TPSA) is 58.6 Å². The zero-order valence-corrected chi connectivity index (χ0v) is 16.8. The number of hydrogen-bond acceptors (Lipinski definition) is 5. The predicted molar refractivity (Wildman–Crippen MR) is 109 cm³/mol. The summed E-state index contributed by atoms with van der Waals surface area (Å²) in [6, 6.07) is 11.7. The van der Waals surface area contributed by atoms with Crippen molar-refractivity contribution in [3.05, 3.63) is 59.7 Å². The number of aliphatic hydroxyl groups excluding tert-OH is 1. The first-order chi connectivity index (χ1) is 13.7. The fourth-order valence-electron chi connectivity index (χ4n) is 3.00. The third kappa shape index (κ3) is 4.91. The molecule has 29 heavy (non-hydrogen) atoms. The average Bonchev–Trinajstić information content (AvgIpc) is 2.83. The van der Waals surface area contributed by atoms with Crippen molar-refractivity contribution < 1.29 is 27.8 Å². The number of nitrogens with one attached hydrogen (secondary N) is 1. The molecule has 4 nitrogen and oxygen atoms in total. The number of rotatable bonds is 4. The van der Waals surface area contributed by atoms with Crippen molar-refractivity contribution in [3.8, 4) is 0 Å². The number of thiocarbonyl (C=S) groups is 1. The number of benzene rings is 2. The lowest BCUT2D eigenvalue weighted by Gasteiger charge is -2.29. The van der Waals surface area contributed by atoms with Gasteiger partial charge < -0.3 is 15.2 Å². The second kappa shape index (κ2) is 8.73. The summed E-state index contributed by atoms with van der Waals surface area (Å²) in [6.07, 6.45) is -4.09. The lowest BCUT2D eigenvalue weighted by molar-refractivity contribution is -0.137. The van der Waals surface area contributed by atoms with Crippen molar-refractivity contribution in [2.75, 3.05) is 24.3 Å². The van der Waals surface area contributed by atoms with Gasteiger partial charge in [0.05, 0.1) is 17.6 Å². The number of anilines is 1. The van der Waals surface area contributed by atoms with Gasteiger partial charge in [-0.1, -0.05) is 24.3 Å². The Morgan fingerprint density at radius 1 is 1.24 bits per heavy atom. The summed E-state index contributed by atoms with van der Waals surface area (Å²) in [5.74, 6) is 0.378. The maximum Gasteiger partial charge on any atom is 0.416 e. The minimum absolute atomic E-state index is 0.121. The molecule has 0 bridgehead atoms. The largest absolute Gasteiger partial charge is 0.470 e. The molecule has 0 radical (unpaired) electrons. The van der Waals surface area contributed by atoms with Crippen molar-refractivity contribution in [1.29, 1.82) is 0 Å². The fraction of sp³-hybridized carbons (Fsp3) is 0.300. The predicted octanol–water partition coefficient (Wildman–Crippen LogP) is 4.78. The first-order valence-corrected chi connectivity index (χ1v) is 10.1. The third-order valence-corrected chi connectivity index (χ3v) is 5.97. The van der Waals surface area contributed by atoms with Crippen LogP contribution in [0.2, 0.25) is 0 Å². The molecule has 9 heteroatoms. The van der Waals surface area contributed by atoms with Gasteiger partial charge in [0.15, 0.2) is 5.78 Å². The van der Waals surface area contributed by atoms with Gasteiger partial charge in [-0.25, -0.2) is 0 Å². The Bertz CT molecular complexity index is 920. The molecular weight excluding hydrogens is 423 g/mol. The Morgan fingerprint density at radius 2 is 2.00 bits per heavy atom. The number of aliphatic hydroxyl groups is 1. The molecule has 2 N–H and O–H groups in total. The average molecular weight is 441 g/mol. The lowest BCUT2D eigenvalue weighted by atomic mass is 9.79. The molecule has 1 atom stereocenters. The minimum atomic E-state index is -4.47. The van der Waals surface area contributed by atoms with Gasteiger partial charge in [0.2, 0.25) is 0 Å². The van der Waals surface area contributed by atoms with E-state index in [2.05, 4.69) is 5.32 Å². The number of halogens is 3. The summed E-state index contributed by atoms with van der Waals surface area (Å²) in [6.45, 7) is -0.602. The molecule has 154 valence electrons. The van der Waals surface area contributed by atoms with Gasteiger partial charge in [0.25, 0.3) is 5.17 Å². The van der Waals surface area contributed by atoms with Gasteiger partial charge in [-0.2, -0.15) is 13.2 Å². The number of hydrogen-bond donors (Lipinski definition) is 2. The molecule has 1 aliphatic rings. The summed E-state index contributed by atoms with van der Waals surface area (Å²) in [7, 11) is 0. The lowest BCUT2D eigenvalue weighted by Crippen LogP contribution is -2.40. The van der Waals surface area contributed by atoms with Crippen LogP contribution in [0.15, 0.2) is 53.4 Å². The van der Waals surface area contributed by atoms with E-state index in [1.54, 1.807) is 12.1 Å². The monoisotopic (exact) mass is 441 g/mol. The second-order valence-corrected chi connectivity index (χ2v) is 8.15. The maximum atomic E-state index is 13.1. The zero-order valence-electron chi connectivity index (χ0n) is 15.2. The first kappa shape index (κ1) is 21.6. The van der Waals surface area contributed by atoms with Crippen LogP contribution in [0.4, 0.5) is 18.9 Å². The van der Waals surface area contributed by atoms with Gasteiger partial charge >= 0.3 is 6.18 Å². The van der Waals surface area contributed by atoms with Crippen LogP contribution in [0, 0.1) is 5.41 Å². The quantitative estimate of drug-likeness (QED) is 0.667. The second-order valence-electron chi connectivity index (χ2n) is 6.64. The van der Waals surface area contributed by atoms with Crippen molar-refractivity contribution in [2.24, 2.45) is 5.41 Å². The maximum absolute atomic E-state index is 13.1. The molecular formula is C20H18F3NO3S2. The molecule has 0 saturated carbocycles. The van der Waals surface area contributed by atoms with E-state index in [0.717, 1.165) is 17.0 Å². The number of thioether (sulfide) groups is 1. The Labute approximate surface area is 175 Å². The molecule has 0 spiro atoms. The van der Waals surface area contributed by atoms with E-state index in [1.807, 2.05) is 12.1 Å². The zero-order chi connectivity index (χ0) is 21.1. The Hall–Kier alpha value is -2.10. The van der Waals surface area contributed by atoms with Crippen molar-refractivity contribution in [1.82, 2.24) is 0 Å². The number of ketones is 1. The highest BCUT2D eigenvalue weighted by atomic mass is 32.2. The van der Waals surface area contributed by atoms with Gasteiger partial charge in [-0.05, 0) is 48.7 Å². The Morgan fingerprint density at radius 3 is 2.72 bits per heavy atom. The van der Waals surface area contributed by atoms with Gasteiger partial charge in [0.1, 0.15) is 6.61 Å². The smallest absolute Gasteiger partial charge is 0.416 e. The summed E-state index contributed by atoms with van der Waals surface area (Å²) in [5.41, 5.74) is -1.34. The molecule has 2 aromatic rings. The fourth-order valence-corrected chi connectivity index (χ4v) is 4.38. The molecule has 2 aromatic carbocycles. The van der Waals surface area contributed by atoms with Crippen LogP contribution < -0.4 is 5.32 Å². The van der Waals surface area contributed by atoms with Gasteiger partial charge in [-0.15, -0.1) is 11.8 Å². The molecule has 0 aliphatic carbocycles. The molecule has 3 rings (SSSR count). The highest BCUT2D eigenvalue weighted by Crippen LogP contribution is 2.38. The number of ether oxygens (including phenoxy) is 1. The highest BCUT2D eigenvalue weighted by Gasteiger charge is 2.42. The Balaban J connectivity index is 1.71. The molecule has 0 saturated heterocycles. The summed E-state index contributed by atoms with van der Waals surface area (Å²) in [5, 5.41) is 12.4. The van der Waals surface area contributed by atoms with Crippen molar-refractivity contribution >= 4 is 40.6 Å². The van der Waals surface area contributed by atoms with Crippen LogP contribution in [-0.4, -0.2) is 35.0 Å². The molecule has 1 heterocycles. The number of carbonyl (C=O) groups is 1. The van der Waals surface area contributed by atoms with E-state index in [9.17, 15) is 23.1 Å². The summed E-state index contributed by atoms with van der Waals surface area (Å²) in [4.78, 5) is 13.9. The summed E-state index contributed by atoms with van der Waals surface area (Å²) >= 11 is 6.61. The minimum Gasteiger partial charge on any atom is -0.470 e. The number of Topliss-reactive ketones (excluding diaryl/α,β-unsaturated/α-hetero) is 1. The van der Waals surface area contributed by atoms with Crippen molar-refractivity contribution in [3.63, 3.8) is 0 Å². The van der Waals surface area contributed by atoms with Crippen LogP contribution in [0.1, 0.15) is 22.3 Å². The first-order valence-electron chi connectivity index (χ1n) is 8.74. The van der Waals surface area contributed by atoms with Gasteiger partial charge in [-0.3, -0.25) is 4.79 Å². The SMILES string of the molecule is O=C1c2ccccc2SCCC1(CO)COC(=S)Nc1cccc(C(F)(F)F)c1. The highest BCUT2D eigenvalue weighted by molar-refractivity contribution is 7.99. The van der Waals surface area contributed by atoms with Crippen LogP contribution in [0.3, 0.4) is 0 Å². The Kier molecular flexibility index (Phi) is 6.50. The normalized spacial score (nSPS) is 19.2. The number of carbonyl (C=O) groups excluding carboxylic acids is 1. The number of fused-ring (bicyclic) bond motifs is 1. The molecule has 1 unspecified atom stereocenters. The molecule has 0 amide bonds. The molecule has 1 aliphatic heterocycles. The third-order valence-electron chi connectivity index (χ3n) is 4.67. The van der Waals surface area contributed by atoms with E-state index < -0.39 is 23.8 Å². The van der Waals surface area contributed by atoms with Crippen LogP contribution in [0.25, 0.3) is 0 Å². The molecule has 0 fully saturated rings. The van der Waals surface area contributed by atoms with Crippen LogP contribution >= 0.6 is 24.0 Å². The van der Waals surface area contributed by atoms with E-state index >= 15 is 0 Å².